The average molecular weight is 323 g/mol. The second-order valence-electron chi connectivity index (χ2n) is 6.17. The van der Waals surface area contributed by atoms with Crippen LogP contribution in [0.5, 0.6) is 0 Å². The van der Waals surface area contributed by atoms with Crippen molar-refractivity contribution in [1.29, 1.82) is 0 Å². The highest BCUT2D eigenvalue weighted by atomic mass is 16.2. The zero-order valence-electron chi connectivity index (χ0n) is 13.2. The highest BCUT2D eigenvalue weighted by Gasteiger charge is 2.63. The van der Waals surface area contributed by atoms with E-state index in [0.717, 1.165) is 0 Å². The highest BCUT2D eigenvalue weighted by molar-refractivity contribution is 6.11. The monoisotopic (exact) mass is 323 g/mol. The first-order valence-electron chi connectivity index (χ1n) is 8.08. The number of likely N-dealkylation sites (tertiary alicyclic amines) is 1. The van der Waals surface area contributed by atoms with Crippen LogP contribution in [0.3, 0.4) is 0 Å². The predicted octanol–water partition coefficient (Wildman–Crippen LogP) is 1.10. The van der Waals surface area contributed by atoms with Crippen LogP contribution in [0.2, 0.25) is 0 Å². The highest BCUT2D eigenvalue weighted by Crippen LogP contribution is 2.44. The van der Waals surface area contributed by atoms with E-state index in [4.69, 9.17) is 0 Å². The normalized spacial score (nSPS) is 30.7. The van der Waals surface area contributed by atoms with Crippen molar-refractivity contribution in [2.24, 2.45) is 16.9 Å². The molecule has 2 saturated heterocycles. The van der Waals surface area contributed by atoms with E-state index >= 15 is 0 Å². The van der Waals surface area contributed by atoms with Crippen molar-refractivity contribution in [3.63, 3.8) is 0 Å². The van der Waals surface area contributed by atoms with Crippen LogP contribution in [0.1, 0.15) is 17.3 Å². The molecule has 1 aromatic rings. The second kappa shape index (κ2) is 5.40. The number of hydrogen-bond acceptors (Lipinski definition) is 5. The molecular formula is C18H17N3O3. The van der Waals surface area contributed by atoms with E-state index in [2.05, 4.69) is 5.10 Å². The van der Waals surface area contributed by atoms with Gasteiger partial charge in [-0.15, -0.1) is 0 Å². The maximum absolute atomic E-state index is 13.1. The molecule has 0 bridgehead atoms. The van der Waals surface area contributed by atoms with Crippen molar-refractivity contribution in [1.82, 2.24) is 9.91 Å². The molecule has 4 rings (SSSR count). The van der Waals surface area contributed by atoms with Crippen molar-refractivity contribution in [3.8, 4) is 0 Å². The minimum absolute atomic E-state index is 0.167. The van der Waals surface area contributed by atoms with Gasteiger partial charge < -0.3 is 0 Å². The minimum atomic E-state index is -0.739. The van der Waals surface area contributed by atoms with E-state index in [0.29, 0.717) is 12.1 Å². The lowest BCUT2D eigenvalue weighted by molar-refractivity contribution is -0.141. The van der Waals surface area contributed by atoms with Crippen LogP contribution in [0, 0.1) is 11.8 Å². The quantitative estimate of drug-likeness (QED) is 0.617. The summed E-state index contributed by atoms with van der Waals surface area (Å²) in [6, 6.07) is 7.79. The summed E-state index contributed by atoms with van der Waals surface area (Å²) in [7, 11) is 0. The van der Waals surface area contributed by atoms with Crippen LogP contribution in [0.4, 0.5) is 0 Å². The summed E-state index contributed by atoms with van der Waals surface area (Å²) in [5.74, 6) is -1.84. The summed E-state index contributed by atoms with van der Waals surface area (Å²) in [5.41, 5.74) is 0.529. The molecule has 2 amide bonds. The Hall–Kier alpha value is -2.76. The fourth-order valence-corrected chi connectivity index (χ4v) is 3.98. The van der Waals surface area contributed by atoms with Gasteiger partial charge in [-0.05, 0) is 13.0 Å². The summed E-state index contributed by atoms with van der Waals surface area (Å²) >= 11 is 0. The molecule has 24 heavy (non-hydrogen) atoms. The van der Waals surface area contributed by atoms with Gasteiger partial charge in [0.05, 0.1) is 17.9 Å². The molecule has 122 valence electrons. The Balaban J connectivity index is 1.79. The molecule has 0 spiro atoms. The number of carbonyl (C=O) groups excluding carboxylic acids is 3. The van der Waals surface area contributed by atoms with E-state index in [1.807, 2.05) is 12.1 Å². The number of benzene rings is 1. The van der Waals surface area contributed by atoms with Crippen molar-refractivity contribution < 1.29 is 14.4 Å². The molecule has 0 unspecified atom stereocenters. The molecular weight excluding hydrogens is 306 g/mol. The van der Waals surface area contributed by atoms with Crippen molar-refractivity contribution in [3.05, 3.63) is 48.0 Å². The summed E-state index contributed by atoms with van der Waals surface area (Å²) < 4.78 is 0. The number of ketones is 1. The average Bonchev–Trinajstić information content (AvgIpc) is 3.08. The van der Waals surface area contributed by atoms with Gasteiger partial charge in [0, 0.05) is 18.3 Å². The lowest BCUT2D eigenvalue weighted by atomic mass is 9.86. The Bertz CT molecular complexity index is 771. The van der Waals surface area contributed by atoms with Crippen LogP contribution >= 0.6 is 0 Å². The maximum Gasteiger partial charge on any atom is 0.235 e. The molecule has 1 aromatic carbocycles. The Morgan fingerprint density at radius 3 is 2.54 bits per heavy atom. The number of Topliss-reactive ketones (excluding diaryl/α,β-unsaturated/α-hetero) is 1. The number of nitrogens with zero attached hydrogens (tertiary/aromatic N) is 3. The van der Waals surface area contributed by atoms with Crippen LogP contribution in [-0.2, 0) is 9.59 Å². The lowest BCUT2D eigenvalue weighted by Gasteiger charge is -2.30. The fraction of sp³-hybridized carbons (Fsp3) is 0.333. The van der Waals surface area contributed by atoms with Gasteiger partial charge in [0.15, 0.2) is 5.78 Å². The first kappa shape index (κ1) is 14.8. The van der Waals surface area contributed by atoms with Crippen LogP contribution in [0.15, 0.2) is 47.6 Å². The number of carbonyl (C=O) groups is 3. The smallest absolute Gasteiger partial charge is 0.235 e. The van der Waals surface area contributed by atoms with E-state index < -0.39 is 17.9 Å². The number of allylic oxidation sites excluding steroid dienone is 1. The third-order valence-corrected chi connectivity index (χ3v) is 5.03. The van der Waals surface area contributed by atoms with E-state index in [1.54, 1.807) is 48.5 Å². The Morgan fingerprint density at radius 1 is 1.12 bits per heavy atom. The maximum atomic E-state index is 13.1. The Morgan fingerprint density at radius 2 is 1.83 bits per heavy atom. The van der Waals surface area contributed by atoms with Gasteiger partial charge in [0.2, 0.25) is 11.8 Å². The molecule has 0 aliphatic carbocycles. The molecule has 6 heteroatoms. The van der Waals surface area contributed by atoms with Gasteiger partial charge in [0.25, 0.3) is 0 Å². The Labute approximate surface area is 139 Å². The molecule has 2 fully saturated rings. The Kier molecular flexibility index (Phi) is 3.33. The first-order chi connectivity index (χ1) is 11.6. The predicted molar refractivity (Wildman–Crippen MR) is 87.2 cm³/mol. The number of amides is 2. The van der Waals surface area contributed by atoms with Gasteiger partial charge in [-0.2, -0.15) is 5.10 Å². The molecule has 0 aromatic heterocycles. The van der Waals surface area contributed by atoms with Gasteiger partial charge >= 0.3 is 0 Å². The molecule has 3 aliphatic heterocycles. The first-order valence-corrected chi connectivity index (χ1v) is 8.08. The van der Waals surface area contributed by atoms with Gasteiger partial charge in [-0.1, -0.05) is 36.4 Å². The standard InChI is InChI=1S/C18H17N3O3/c1-2-20-17(23)13-12-9-6-10-19-21(12)15(14(13)18(20)24)16(22)11-7-4-3-5-8-11/h3-10,12-15H,2H2,1H3/t12-,13-,14-,15-/m0/s1. The largest absolute Gasteiger partial charge is 0.292 e. The summed E-state index contributed by atoms with van der Waals surface area (Å²) in [5, 5.41) is 5.93. The van der Waals surface area contributed by atoms with Gasteiger partial charge in [-0.25, -0.2) is 0 Å². The molecule has 3 aliphatic rings. The molecule has 3 heterocycles. The molecule has 0 saturated carbocycles. The number of rotatable bonds is 3. The number of hydrogen-bond donors (Lipinski definition) is 0. The molecule has 6 nitrogen and oxygen atoms in total. The number of hydrazone groups is 1. The van der Waals surface area contributed by atoms with Crippen molar-refractivity contribution in [2.45, 2.75) is 19.0 Å². The molecule has 4 atom stereocenters. The van der Waals surface area contributed by atoms with Crippen LogP contribution < -0.4 is 0 Å². The zero-order chi connectivity index (χ0) is 16.8. The van der Waals surface area contributed by atoms with Crippen molar-refractivity contribution >= 4 is 23.8 Å². The van der Waals surface area contributed by atoms with Gasteiger partial charge in [0.1, 0.15) is 6.04 Å². The summed E-state index contributed by atoms with van der Waals surface area (Å²) in [6.07, 6.45) is 5.21. The lowest BCUT2D eigenvalue weighted by Crippen LogP contribution is -2.45. The van der Waals surface area contributed by atoms with E-state index in [-0.39, 0.29) is 23.6 Å². The summed E-state index contributed by atoms with van der Waals surface area (Å²) in [6.45, 7) is 2.11. The van der Waals surface area contributed by atoms with E-state index in [9.17, 15) is 14.4 Å². The van der Waals surface area contributed by atoms with Crippen LogP contribution in [-0.4, -0.2) is 52.3 Å². The number of fused-ring (bicyclic) bond motifs is 3. The molecule has 0 N–H and O–H groups in total. The van der Waals surface area contributed by atoms with E-state index in [1.165, 1.54) is 4.90 Å². The third kappa shape index (κ3) is 1.89. The molecule has 0 radical (unpaired) electrons. The topological polar surface area (TPSA) is 70.1 Å². The number of imide groups is 1. The van der Waals surface area contributed by atoms with Gasteiger partial charge in [-0.3, -0.25) is 24.3 Å². The second-order valence-corrected chi connectivity index (χ2v) is 6.17. The zero-order valence-corrected chi connectivity index (χ0v) is 13.2. The van der Waals surface area contributed by atoms with Crippen molar-refractivity contribution in [2.75, 3.05) is 6.54 Å². The third-order valence-electron chi connectivity index (χ3n) is 5.03. The fourth-order valence-electron chi connectivity index (χ4n) is 3.98. The summed E-state index contributed by atoms with van der Waals surface area (Å²) in [4.78, 5) is 39.8. The SMILES string of the molecule is CCN1C(=O)[C@@H]2[C@H](C1=O)[C@@H](C(=O)c1ccccc1)N1N=CC=C[C@@H]21. The minimum Gasteiger partial charge on any atom is -0.292 e. The van der Waals surface area contributed by atoms with Crippen LogP contribution in [0.25, 0.3) is 0 Å².